The summed E-state index contributed by atoms with van der Waals surface area (Å²) in [6.07, 6.45) is 5.74. The van der Waals surface area contributed by atoms with Crippen molar-refractivity contribution in [3.63, 3.8) is 0 Å². The monoisotopic (exact) mass is 277 g/mol. The van der Waals surface area contributed by atoms with Gasteiger partial charge < -0.3 is 10.1 Å². The van der Waals surface area contributed by atoms with Gasteiger partial charge in [0.1, 0.15) is 6.54 Å². The van der Waals surface area contributed by atoms with E-state index in [2.05, 4.69) is 34.3 Å². The maximum absolute atomic E-state index is 11.4. The second kappa shape index (κ2) is 10.0. The fourth-order valence-corrected chi connectivity index (χ4v) is 1.94. The largest absolute Gasteiger partial charge is 0.468 e. The Hall–Kier alpha value is -1.84. The SMILES string of the molecule is COC(=O)CNC(=O)CCCCCCc1ccccc1. The molecule has 4 nitrogen and oxygen atoms in total. The molecule has 1 N–H and O–H groups in total. The Kier molecular flexibility index (Phi) is 8.11. The Balaban J connectivity index is 1.96. The lowest BCUT2D eigenvalue weighted by Crippen LogP contribution is -2.29. The van der Waals surface area contributed by atoms with E-state index < -0.39 is 5.97 Å². The van der Waals surface area contributed by atoms with Gasteiger partial charge in [-0.3, -0.25) is 9.59 Å². The van der Waals surface area contributed by atoms with Crippen LogP contribution in [-0.4, -0.2) is 25.5 Å². The number of carbonyl (C=O) groups is 2. The molecule has 0 bridgehead atoms. The van der Waals surface area contributed by atoms with Crippen molar-refractivity contribution in [2.24, 2.45) is 0 Å². The van der Waals surface area contributed by atoms with Gasteiger partial charge in [0.25, 0.3) is 0 Å². The number of aryl methyl sites for hydroxylation is 1. The minimum absolute atomic E-state index is 0.0384. The molecule has 1 aromatic rings. The van der Waals surface area contributed by atoms with E-state index in [0.717, 1.165) is 32.1 Å². The Morgan fingerprint density at radius 1 is 1.05 bits per heavy atom. The van der Waals surface area contributed by atoms with E-state index >= 15 is 0 Å². The summed E-state index contributed by atoms with van der Waals surface area (Å²) in [7, 11) is 1.31. The number of nitrogens with one attached hydrogen (secondary N) is 1. The summed E-state index contributed by atoms with van der Waals surface area (Å²) < 4.78 is 4.45. The molecule has 110 valence electrons. The van der Waals surface area contributed by atoms with Gasteiger partial charge in [-0.15, -0.1) is 0 Å². The van der Waals surface area contributed by atoms with Gasteiger partial charge >= 0.3 is 5.97 Å². The third-order valence-corrected chi connectivity index (χ3v) is 3.12. The van der Waals surface area contributed by atoms with Crippen LogP contribution >= 0.6 is 0 Å². The van der Waals surface area contributed by atoms with Gasteiger partial charge in [0.05, 0.1) is 7.11 Å². The minimum atomic E-state index is -0.416. The van der Waals surface area contributed by atoms with Crippen LogP contribution < -0.4 is 5.32 Å². The number of rotatable bonds is 9. The third kappa shape index (κ3) is 7.56. The van der Waals surface area contributed by atoms with E-state index in [-0.39, 0.29) is 12.5 Å². The zero-order valence-electron chi connectivity index (χ0n) is 12.1. The van der Waals surface area contributed by atoms with E-state index in [0.29, 0.717) is 6.42 Å². The zero-order chi connectivity index (χ0) is 14.6. The lowest BCUT2D eigenvalue weighted by molar-refractivity contribution is -0.141. The first kappa shape index (κ1) is 16.2. The molecule has 0 unspecified atom stereocenters. The van der Waals surface area contributed by atoms with Gasteiger partial charge in [0.15, 0.2) is 0 Å². The molecule has 1 rings (SSSR count). The van der Waals surface area contributed by atoms with E-state index in [1.54, 1.807) is 0 Å². The zero-order valence-corrected chi connectivity index (χ0v) is 12.1. The van der Waals surface area contributed by atoms with Gasteiger partial charge in [0.2, 0.25) is 5.91 Å². The number of ether oxygens (including phenoxy) is 1. The lowest BCUT2D eigenvalue weighted by atomic mass is 10.1. The number of hydrogen-bond donors (Lipinski definition) is 1. The first-order chi connectivity index (χ1) is 9.72. The van der Waals surface area contributed by atoms with Crippen molar-refractivity contribution in [3.05, 3.63) is 35.9 Å². The van der Waals surface area contributed by atoms with E-state index in [9.17, 15) is 9.59 Å². The van der Waals surface area contributed by atoms with Crippen LogP contribution in [0.3, 0.4) is 0 Å². The van der Waals surface area contributed by atoms with Gasteiger partial charge in [-0.2, -0.15) is 0 Å². The summed E-state index contributed by atoms with van der Waals surface area (Å²) in [6, 6.07) is 10.4. The Morgan fingerprint density at radius 2 is 1.75 bits per heavy atom. The highest BCUT2D eigenvalue weighted by atomic mass is 16.5. The van der Waals surface area contributed by atoms with E-state index in [1.807, 2.05) is 6.07 Å². The second-order valence-corrected chi connectivity index (χ2v) is 4.75. The van der Waals surface area contributed by atoms with Crippen LogP contribution in [0.5, 0.6) is 0 Å². The molecule has 0 saturated carbocycles. The van der Waals surface area contributed by atoms with Gasteiger partial charge in [0, 0.05) is 6.42 Å². The number of benzene rings is 1. The van der Waals surface area contributed by atoms with Gasteiger partial charge in [-0.1, -0.05) is 43.2 Å². The Labute approximate surface area is 120 Å². The van der Waals surface area contributed by atoms with Crippen LogP contribution in [0.4, 0.5) is 0 Å². The molecule has 0 saturated heterocycles. The average Bonchev–Trinajstić information content (AvgIpc) is 2.49. The van der Waals surface area contributed by atoms with Crippen LogP contribution in [0.2, 0.25) is 0 Å². The van der Waals surface area contributed by atoms with Crippen LogP contribution in [0.1, 0.15) is 37.7 Å². The summed E-state index contributed by atoms with van der Waals surface area (Å²) in [5.41, 5.74) is 1.36. The summed E-state index contributed by atoms with van der Waals surface area (Å²) in [6.45, 7) is -0.0384. The minimum Gasteiger partial charge on any atom is -0.468 e. The van der Waals surface area contributed by atoms with E-state index in [4.69, 9.17) is 0 Å². The number of carbonyl (C=O) groups excluding carboxylic acids is 2. The Bertz CT molecular complexity index is 403. The van der Waals surface area contributed by atoms with Gasteiger partial charge in [-0.05, 0) is 24.8 Å². The molecule has 0 heterocycles. The third-order valence-electron chi connectivity index (χ3n) is 3.12. The summed E-state index contributed by atoms with van der Waals surface area (Å²) in [5, 5.41) is 2.54. The molecule has 0 atom stereocenters. The molecular weight excluding hydrogens is 254 g/mol. The molecular formula is C16H23NO3. The predicted octanol–water partition coefficient (Wildman–Crippen LogP) is 2.47. The van der Waals surface area contributed by atoms with Crippen molar-refractivity contribution >= 4 is 11.9 Å². The molecule has 0 spiro atoms. The van der Waals surface area contributed by atoms with E-state index in [1.165, 1.54) is 12.7 Å². The molecule has 4 heteroatoms. The number of unbranched alkanes of at least 4 members (excludes halogenated alkanes) is 3. The van der Waals surface area contributed by atoms with Gasteiger partial charge in [-0.25, -0.2) is 0 Å². The Morgan fingerprint density at radius 3 is 2.45 bits per heavy atom. The second-order valence-electron chi connectivity index (χ2n) is 4.75. The standard InChI is InChI=1S/C16H23NO3/c1-20-16(19)13-17-15(18)12-8-3-2-5-9-14-10-6-4-7-11-14/h4,6-7,10-11H,2-3,5,8-9,12-13H2,1H3,(H,17,18). The maximum Gasteiger partial charge on any atom is 0.325 e. The molecule has 1 aromatic carbocycles. The van der Waals surface area contributed by atoms with Crippen LogP contribution in [0.15, 0.2) is 30.3 Å². The molecule has 0 aromatic heterocycles. The first-order valence-electron chi connectivity index (χ1n) is 7.10. The smallest absolute Gasteiger partial charge is 0.325 e. The summed E-state index contributed by atoms with van der Waals surface area (Å²) in [4.78, 5) is 22.2. The highest BCUT2D eigenvalue weighted by Crippen LogP contribution is 2.08. The van der Waals surface area contributed by atoms with Crippen molar-refractivity contribution < 1.29 is 14.3 Å². The van der Waals surface area contributed by atoms with Crippen LogP contribution in [0, 0.1) is 0 Å². The van der Waals surface area contributed by atoms with Crippen LogP contribution in [0.25, 0.3) is 0 Å². The maximum atomic E-state index is 11.4. The number of methoxy groups -OCH3 is 1. The summed E-state index contributed by atoms with van der Waals surface area (Å²) >= 11 is 0. The first-order valence-corrected chi connectivity index (χ1v) is 7.10. The fourth-order valence-electron chi connectivity index (χ4n) is 1.94. The molecule has 0 radical (unpaired) electrons. The van der Waals surface area contributed by atoms with Crippen molar-refractivity contribution in [1.82, 2.24) is 5.32 Å². The molecule has 1 amide bonds. The molecule has 20 heavy (non-hydrogen) atoms. The van der Waals surface area contributed by atoms with Crippen molar-refractivity contribution in [1.29, 1.82) is 0 Å². The van der Waals surface area contributed by atoms with Crippen molar-refractivity contribution in [3.8, 4) is 0 Å². The number of hydrogen-bond acceptors (Lipinski definition) is 3. The molecule has 0 fully saturated rings. The quantitative estimate of drug-likeness (QED) is 0.557. The topological polar surface area (TPSA) is 55.4 Å². The molecule has 0 aliphatic rings. The number of amides is 1. The normalized spacial score (nSPS) is 10.1. The van der Waals surface area contributed by atoms with Crippen LogP contribution in [-0.2, 0) is 20.7 Å². The molecule has 0 aliphatic heterocycles. The fraction of sp³-hybridized carbons (Fsp3) is 0.500. The predicted molar refractivity (Wildman–Crippen MR) is 78.3 cm³/mol. The van der Waals surface area contributed by atoms with Crippen molar-refractivity contribution in [2.45, 2.75) is 38.5 Å². The van der Waals surface area contributed by atoms with Crippen molar-refractivity contribution in [2.75, 3.05) is 13.7 Å². The summed E-state index contributed by atoms with van der Waals surface area (Å²) in [5.74, 6) is -0.500. The molecule has 0 aliphatic carbocycles. The highest BCUT2D eigenvalue weighted by Gasteiger charge is 2.04. The average molecular weight is 277 g/mol. The highest BCUT2D eigenvalue weighted by molar-refractivity contribution is 5.81. The number of esters is 1. The lowest BCUT2D eigenvalue weighted by Gasteiger charge is -2.04.